The second kappa shape index (κ2) is 10.5. The molecule has 0 aliphatic heterocycles. The van der Waals surface area contributed by atoms with E-state index >= 15 is 0 Å². The van der Waals surface area contributed by atoms with E-state index in [1.165, 1.54) is 17.3 Å². The molecule has 1 heterocycles. The quantitative estimate of drug-likeness (QED) is 0.338. The summed E-state index contributed by atoms with van der Waals surface area (Å²) in [5.41, 5.74) is 0.839. The largest absolute Gasteiger partial charge is 0.493 e. The standard InChI is InChI=1S/C20H21BrN4O4/c1-3-27-19-11-15(12-24-25-13-22-23-14-25)10-16(21)20(19)29-9-8-28-18-7-5-4-6-17(18)26-2/h4-7,10-14H,3,8-9H2,1-2H3/b24-12-. The molecule has 0 radical (unpaired) electrons. The van der Waals surface area contributed by atoms with Crippen LogP contribution in [0.3, 0.4) is 0 Å². The fourth-order valence-electron chi connectivity index (χ4n) is 2.49. The van der Waals surface area contributed by atoms with Crippen LogP contribution in [0.15, 0.2) is 58.6 Å². The summed E-state index contributed by atoms with van der Waals surface area (Å²) in [6.45, 7) is 3.12. The molecule has 29 heavy (non-hydrogen) atoms. The predicted octanol–water partition coefficient (Wildman–Crippen LogP) is 3.79. The van der Waals surface area contributed by atoms with Gasteiger partial charge in [-0.1, -0.05) is 12.1 Å². The van der Waals surface area contributed by atoms with Gasteiger partial charge in [-0.05, 0) is 52.7 Å². The van der Waals surface area contributed by atoms with Gasteiger partial charge in [0, 0.05) is 0 Å². The van der Waals surface area contributed by atoms with Gasteiger partial charge in [0.25, 0.3) is 0 Å². The molecular formula is C20H21BrN4O4. The Bertz CT molecular complexity index is 948. The summed E-state index contributed by atoms with van der Waals surface area (Å²) >= 11 is 3.55. The Hall–Kier alpha value is -3.07. The smallest absolute Gasteiger partial charge is 0.175 e. The van der Waals surface area contributed by atoms with Gasteiger partial charge in [0.05, 0.1) is 24.4 Å². The maximum Gasteiger partial charge on any atom is 0.175 e. The maximum atomic E-state index is 5.91. The van der Waals surface area contributed by atoms with Crippen molar-refractivity contribution in [2.45, 2.75) is 6.92 Å². The number of para-hydroxylation sites is 2. The molecule has 0 fully saturated rings. The summed E-state index contributed by atoms with van der Waals surface area (Å²) in [6.07, 6.45) is 4.70. The number of hydrogen-bond acceptors (Lipinski definition) is 7. The van der Waals surface area contributed by atoms with Crippen LogP contribution in [0.2, 0.25) is 0 Å². The highest BCUT2D eigenvalue weighted by atomic mass is 79.9. The van der Waals surface area contributed by atoms with Gasteiger partial charge in [0.15, 0.2) is 23.0 Å². The molecule has 1 aromatic heterocycles. The first kappa shape index (κ1) is 20.7. The lowest BCUT2D eigenvalue weighted by atomic mass is 10.2. The molecule has 9 heteroatoms. The Kier molecular flexibility index (Phi) is 7.46. The number of benzene rings is 2. The van der Waals surface area contributed by atoms with Crippen LogP contribution in [-0.4, -0.2) is 48.0 Å². The van der Waals surface area contributed by atoms with Crippen LogP contribution in [-0.2, 0) is 0 Å². The van der Waals surface area contributed by atoms with E-state index in [4.69, 9.17) is 18.9 Å². The minimum absolute atomic E-state index is 0.338. The van der Waals surface area contributed by atoms with E-state index in [1.807, 2.05) is 43.3 Å². The Morgan fingerprint density at radius 1 is 1.00 bits per heavy atom. The zero-order chi connectivity index (χ0) is 20.5. The lowest BCUT2D eigenvalue weighted by molar-refractivity contribution is 0.202. The summed E-state index contributed by atoms with van der Waals surface area (Å²) < 4.78 is 24.9. The van der Waals surface area contributed by atoms with E-state index in [0.29, 0.717) is 42.8 Å². The van der Waals surface area contributed by atoms with Crippen molar-refractivity contribution in [1.29, 1.82) is 0 Å². The van der Waals surface area contributed by atoms with Crippen molar-refractivity contribution in [2.75, 3.05) is 26.9 Å². The van der Waals surface area contributed by atoms with Gasteiger partial charge >= 0.3 is 0 Å². The van der Waals surface area contributed by atoms with E-state index in [2.05, 4.69) is 31.2 Å². The third-order valence-corrected chi connectivity index (χ3v) is 4.32. The SMILES string of the molecule is CCOc1cc(/C=N\n2cnnc2)cc(Br)c1OCCOc1ccccc1OC. The Balaban J connectivity index is 1.66. The van der Waals surface area contributed by atoms with Crippen molar-refractivity contribution in [3.8, 4) is 23.0 Å². The third-order valence-electron chi connectivity index (χ3n) is 3.73. The molecular weight excluding hydrogens is 440 g/mol. The lowest BCUT2D eigenvalue weighted by Gasteiger charge is -2.15. The summed E-state index contributed by atoms with van der Waals surface area (Å²) in [7, 11) is 1.61. The normalized spacial score (nSPS) is 10.9. The van der Waals surface area contributed by atoms with Crippen LogP contribution in [0.25, 0.3) is 0 Å². The fraction of sp³-hybridized carbons (Fsp3) is 0.250. The van der Waals surface area contributed by atoms with Crippen LogP contribution in [0.4, 0.5) is 0 Å². The molecule has 2 aromatic carbocycles. The summed E-state index contributed by atoms with van der Waals surface area (Å²) in [5, 5.41) is 11.7. The number of aromatic nitrogens is 3. The number of rotatable bonds is 10. The summed E-state index contributed by atoms with van der Waals surface area (Å²) in [5.74, 6) is 2.57. The van der Waals surface area contributed by atoms with Crippen LogP contribution in [0.1, 0.15) is 12.5 Å². The molecule has 3 rings (SSSR count). The van der Waals surface area contributed by atoms with Gasteiger partial charge in [-0.25, -0.2) is 4.68 Å². The van der Waals surface area contributed by atoms with Gasteiger partial charge in [-0.15, -0.1) is 10.2 Å². The highest BCUT2D eigenvalue weighted by Crippen LogP contribution is 2.36. The van der Waals surface area contributed by atoms with Gasteiger partial charge in [0.2, 0.25) is 0 Å². The zero-order valence-corrected chi connectivity index (χ0v) is 17.7. The monoisotopic (exact) mass is 460 g/mol. The molecule has 0 unspecified atom stereocenters. The molecule has 0 saturated heterocycles. The maximum absolute atomic E-state index is 5.91. The first-order valence-corrected chi connectivity index (χ1v) is 9.74. The van der Waals surface area contributed by atoms with Crippen LogP contribution in [0, 0.1) is 0 Å². The summed E-state index contributed by atoms with van der Waals surface area (Å²) in [4.78, 5) is 0. The fourth-order valence-corrected chi connectivity index (χ4v) is 3.06. The van der Waals surface area contributed by atoms with Crippen LogP contribution >= 0.6 is 15.9 Å². The molecule has 0 aliphatic carbocycles. The molecule has 152 valence electrons. The van der Waals surface area contributed by atoms with Gasteiger partial charge < -0.3 is 18.9 Å². The van der Waals surface area contributed by atoms with Crippen molar-refractivity contribution < 1.29 is 18.9 Å². The molecule has 3 aromatic rings. The molecule has 0 amide bonds. The number of methoxy groups -OCH3 is 1. The highest BCUT2D eigenvalue weighted by Gasteiger charge is 2.12. The molecule has 0 spiro atoms. The number of hydrogen-bond donors (Lipinski definition) is 0. The van der Waals surface area contributed by atoms with Crippen molar-refractivity contribution in [3.63, 3.8) is 0 Å². The van der Waals surface area contributed by atoms with Gasteiger partial charge in [-0.3, -0.25) is 0 Å². The van der Waals surface area contributed by atoms with Crippen molar-refractivity contribution in [1.82, 2.24) is 14.9 Å². The average Bonchev–Trinajstić information content (AvgIpc) is 3.25. The number of nitrogens with zero attached hydrogens (tertiary/aromatic N) is 4. The predicted molar refractivity (Wildman–Crippen MR) is 112 cm³/mol. The van der Waals surface area contributed by atoms with Crippen molar-refractivity contribution in [3.05, 3.63) is 59.1 Å². The number of ether oxygens (including phenoxy) is 4. The van der Waals surface area contributed by atoms with E-state index in [9.17, 15) is 0 Å². The highest BCUT2D eigenvalue weighted by molar-refractivity contribution is 9.10. The first-order chi connectivity index (χ1) is 14.2. The topological polar surface area (TPSA) is 80.0 Å². The van der Waals surface area contributed by atoms with E-state index in [-0.39, 0.29) is 0 Å². The van der Waals surface area contributed by atoms with E-state index < -0.39 is 0 Å². The zero-order valence-electron chi connectivity index (χ0n) is 16.1. The van der Waals surface area contributed by atoms with Gasteiger partial charge in [-0.2, -0.15) is 5.10 Å². The molecule has 8 nitrogen and oxygen atoms in total. The molecule has 0 bridgehead atoms. The van der Waals surface area contributed by atoms with Crippen molar-refractivity contribution >= 4 is 22.1 Å². The summed E-state index contributed by atoms with van der Waals surface area (Å²) in [6, 6.07) is 11.2. The minimum atomic E-state index is 0.338. The van der Waals surface area contributed by atoms with E-state index in [1.54, 1.807) is 13.3 Å². The molecule has 0 aliphatic rings. The third kappa shape index (κ3) is 5.71. The first-order valence-electron chi connectivity index (χ1n) is 8.95. The minimum Gasteiger partial charge on any atom is -0.493 e. The second-order valence-corrected chi connectivity index (χ2v) is 6.55. The van der Waals surface area contributed by atoms with Crippen LogP contribution < -0.4 is 18.9 Å². The molecule has 0 N–H and O–H groups in total. The van der Waals surface area contributed by atoms with Gasteiger partial charge in [0.1, 0.15) is 25.9 Å². The Morgan fingerprint density at radius 2 is 1.72 bits per heavy atom. The van der Waals surface area contributed by atoms with E-state index in [0.717, 1.165) is 10.0 Å². The lowest BCUT2D eigenvalue weighted by Crippen LogP contribution is -2.11. The second-order valence-electron chi connectivity index (χ2n) is 5.70. The van der Waals surface area contributed by atoms with Crippen molar-refractivity contribution in [2.24, 2.45) is 5.10 Å². The average molecular weight is 461 g/mol. The Morgan fingerprint density at radius 3 is 2.45 bits per heavy atom. The Labute approximate surface area is 177 Å². The molecule has 0 atom stereocenters. The number of halogens is 1. The van der Waals surface area contributed by atoms with Crippen LogP contribution in [0.5, 0.6) is 23.0 Å². The molecule has 0 saturated carbocycles.